The summed E-state index contributed by atoms with van der Waals surface area (Å²) < 4.78 is 0. The van der Waals surface area contributed by atoms with E-state index >= 15 is 0 Å². The third-order valence-electron chi connectivity index (χ3n) is 5.50. The van der Waals surface area contributed by atoms with Gasteiger partial charge in [-0.2, -0.15) is 0 Å². The molecule has 0 spiro atoms. The summed E-state index contributed by atoms with van der Waals surface area (Å²) in [5.74, 6) is 0. The Morgan fingerprint density at radius 3 is 1.68 bits per heavy atom. The molecule has 0 bridgehead atoms. The fourth-order valence-electron chi connectivity index (χ4n) is 3.93. The molecule has 162 valence electrons. The highest BCUT2D eigenvalue weighted by molar-refractivity contribution is 6.40. The SMILES string of the molecule is Clc1nc2cc(-c3ccccc3)c(-c3nc4ccccc4nc3-c3ccccc3)nc2nc1Cl. The van der Waals surface area contributed by atoms with Crippen LogP contribution in [-0.4, -0.2) is 24.9 Å². The summed E-state index contributed by atoms with van der Waals surface area (Å²) in [7, 11) is 0. The first-order valence-electron chi connectivity index (χ1n) is 10.6. The molecule has 0 unspecified atom stereocenters. The van der Waals surface area contributed by atoms with Gasteiger partial charge in [0.1, 0.15) is 16.9 Å². The molecule has 3 aromatic heterocycles. The molecule has 6 aromatic rings. The summed E-state index contributed by atoms with van der Waals surface area (Å²) in [5.41, 5.74) is 7.30. The Bertz CT molecular complexity index is 1670. The van der Waals surface area contributed by atoms with Crippen LogP contribution in [0.4, 0.5) is 0 Å². The minimum Gasteiger partial charge on any atom is -0.244 e. The quantitative estimate of drug-likeness (QED) is 0.266. The van der Waals surface area contributed by atoms with Crippen molar-refractivity contribution < 1.29 is 0 Å². The maximum atomic E-state index is 6.17. The number of rotatable bonds is 3. The van der Waals surface area contributed by atoms with Gasteiger partial charge in [-0.3, -0.25) is 0 Å². The summed E-state index contributed by atoms with van der Waals surface area (Å²) >= 11 is 12.3. The van der Waals surface area contributed by atoms with Crippen molar-refractivity contribution in [1.29, 1.82) is 0 Å². The van der Waals surface area contributed by atoms with Crippen LogP contribution in [0.3, 0.4) is 0 Å². The van der Waals surface area contributed by atoms with Gasteiger partial charge < -0.3 is 0 Å². The van der Waals surface area contributed by atoms with Crippen molar-refractivity contribution in [3.05, 3.63) is 101 Å². The van der Waals surface area contributed by atoms with Crippen LogP contribution < -0.4 is 0 Å². The lowest BCUT2D eigenvalue weighted by Gasteiger charge is -2.14. The number of para-hydroxylation sites is 2. The molecule has 0 aliphatic heterocycles. The number of hydrogen-bond acceptors (Lipinski definition) is 5. The van der Waals surface area contributed by atoms with Gasteiger partial charge in [-0.25, -0.2) is 24.9 Å². The molecule has 0 fully saturated rings. The van der Waals surface area contributed by atoms with E-state index in [0.29, 0.717) is 22.6 Å². The van der Waals surface area contributed by atoms with Gasteiger partial charge in [-0.15, -0.1) is 0 Å². The Labute approximate surface area is 205 Å². The molecule has 5 nitrogen and oxygen atoms in total. The highest BCUT2D eigenvalue weighted by Gasteiger charge is 2.20. The van der Waals surface area contributed by atoms with Crippen molar-refractivity contribution in [3.63, 3.8) is 0 Å². The van der Waals surface area contributed by atoms with E-state index in [1.807, 2.05) is 91.0 Å². The zero-order valence-electron chi connectivity index (χ0n) is 17.7. The van der Waals surface area contributed by atoms with E-state index in [1.54, 1.807) is 0 Å². The first-order chi connectivity index (χ1) is 16.7. The average molecular weight is 480 g/mol. The van der Waals surface area contributed by atoms with Crippen molar-refractivity contribution in [2.24, 2.45) is 0 Å². The van der Waals surface area contributed by atoms with Crippen LogP contribution in [0, 0.1) is 0 Å². The summed E-state index contributed by atoms with van der Waals surface area (Å²) in [6.07, 6.45) is 0. The number of hydrogen-bond donors (Lipinski definition) is 0. The van der Waals surface area contributed by atoms with Crippen LogP contribution in [0.1, 0.15) is 0 Å². The van der Waals surface area contributed by atoms with E-state index in [4.69, 9.17) is 38.2 Å². The Morgan fingerprint density at radius 1 is 0.441 bits per heavy atom. The molecule has 0 atom stereocenters. The zero-order valence-corrected chi connectivity index (χ0v) is 19.2. The topological polar surface area (TPSA) is 64.5 Å². The van der Waals surface area contributed by atoms with Crippen molar-refractivity contribution >= 4 is 45.4 Å². The number of fused-ring (bicyclic) bond motifs is 2. The first kappa shape index (κ1) is 20.7. The van der Waals surface area contributed by atoms with E-state index in [0.717, 1.165) is 33.4 Å². The first-order valence-corrected chi connectivity index (χ1v) is 11.3. The second-order valence-corrected chi connectivity index (χ2v) is 8.39. The van der Waals surface area contributed by atoms with Gasteiger partial charge in [0.25, 0.3) is 0 Å². The number of nitrogens with zero attached hydrogens (tertiary/aromatic N) is 5. The normalized spacial score (nSPS) is 11.2. The summed E-state index contributed by atoms with van der Waals surface area (Å²) in [6, 6.07) is 29.7. The van der Waals surface area contributed by atoms with Crippen LogP contribution in [0.25, 0.3) is 56.0 Å². The smallest absolute Gasteiger partial charge is 0.180 e. The van der Waals surface area contributed by atoms with Gasteiger partial charge >= 0.3 is 0 Å². The van der Waals surface area contributed by atoms with Crippen molar-refractivity contribution in [2.75, 3.05) is 0 Å². The number of halogens is 2. The van der Waals surface area contributed by atoms with Crippen LogP contribution >= 0.6 is 23.2 Å². The van der Waals surface area contributed by atoms with Crippen LogP contribution in [0.15, 0.2) is 91.0 Å². The fourth-order valence-corrected chi connectivity index (χ4v) is 4.18. The Hall–Kier alpha value is -3.93. The molecule has 0 aliphatic rings. The third-order valence-corrected chi connectivity index (χ3v) is 6.13. The van der Waals surface area contributed by atoms with E-state index in [1.165, 1.54) is 0 Å². The molecule has 0 aliphatic carbocycles. The molecule has 3 aromatic carbocycles. The van der Waals surface area contributed by atoms with Gasteiger partial charge in [0.05, 0.1) is 16.7 Å². The lowest BCUT2D eigenvalue weighted by atomic mass is 9.98. The molecule has 0 N–H and O–H groups in total. The maximum absolute atomic E-state index is 6.17. The van der Waals surface area contributed by atoms with Gasteiger partial charge in [0.15, 0.2) is 16.0 Å². The lowest BCUT2D eigenvalue weighted by Crippen LogP contribution is -2.01. The second-order valence-electron chi connectivity index (χ2n) is 7.67. The lowest BCUT2D eigenvalue weighted by molar-refractivity contribution is 1.20. The molecule has 6 rings (SSSR count). The number of pyridine rings is 1. The fraction of sp³-hybridized carbons (Fsp3) is 0. The molecule has 0 saturated carbocycles. The third kappa shape index (κ3) is 3.65. The van der Waals surface area contributed by atoms with E-state index in [2.05, 4.69) is 9.97 Å². The van der Waals surface area contributed by atoms with Gasteiger partial charge in [-0.05, 0) is 23.8 Å². The highest BCUT2D eigenvalue weighted by atomic mass is 35.5. The predicted octanol–water partition coefficient (Wildman–Crippen LogP) is 7.28. The van der Waals surface area contributed by atoms with E-state index in [9.17, 15) is 0 Å². The van der Waals surface area contributed by atoms with Crippen LogP contribution in [0.5, 0.6) is 0 Å². The highest BCUT2D eigenvalue weighted by Crippen LogP contribution is 2.37. The number of aromatic nitrogens is 5. The van der Waals surface area contributed by atoms with Gasteiger partial charge in [0, 0.05) is 11.1 Å². The van der Waals surface area contributed by atoms with Crippen LogP contribution in [-0.2, 0) is 0 Å². The van der Waals surface area contributed by atoms with Crippen molar-refractivity contribution in [2.45, 2.75) is 0 Å². The second kappa shape index (κ2) is 8.45. The molecule has 34 heavy (non-hydrogen) atoms. The van der Waals surface area contributed by atoms with E-state index in [-0.39, 0.29) is 10.3 Å². The van der Waals surface area contributed by atoms with Crippen molar-refractivity contribution in [3.8, 4) is 33.8 Å². The molecule has 0 radical (unpaired) electrons. The molecular formula is C27H15Cl2N5. The Kier molecular flexibility index (Phi) is 5.13. The summed E-state index contributed by atoms with van der Waals surface area (Å²) in [5, 5.41) is 0.242. The number of benzene rings is 3. The molecule has 7 heteroatoms. The standard InChI is InChI=1S/C27H15Cl2N5/c28-25-26(29)34-27-21(32-25)15-18(16-9-3-1-4-10-16)23(33-27)24-22(17-11-5-2-6-12-17)30-19-13-7-8-14-20(19)31-24/h1-15H. The largest absolute Gasteiger partial charge is 0.244 e. The maximum Gasteiger partial charge on any atom is 0.180 e. The minimum atomic E-state index is 0.105. The Morgan fingerprint density at radius 2 is 1.00 bits per heavy atom. The molecule has 0 saturated heterocycles. The van der Waals surface area contributed by atoms with Gasteiger partial charge in [-0.1, -0.05) is 96.0 Å². The summed E-state index contributed by atoms with van der Waals surface area (Å²) in [6.45, 7) is 0. The molecule has 3 heterocycles. The molecular weight excluding hydrogens is 465 g/mol. The average Bonchev–Trinajstić information content (AvgIpc) is 2.89. The van der Waals surface area contributed by atoms with E-state index < -0.39 is 0 Å². The monoisotopic (exact) mass is 479 g/mol. The Balaban J connectivity index is 1.73. The van der Waals surface area contributed by atoms with Crippen LogP contribution in [0.2, 0.25) is 10.3 Å². The predicted molar refractivity (Wildman–Crippen MR) is 137 cm³/mol. The summed E-state index contributed by atoms with van der Waals surface area (Å²) in [4.78, 5) is 23.7. The van der Waals surface area contributed by atoms with Gasteiger partial charge in [0.2, 0.25) is 0 Å². The minimum absolute atomic E-state index is 0.105. The molecule has 0 amide bonds. The van der Waals surface area contributed by atoms with Crippen molar-refractivity contribution in [1.82, 2.24) is 24.9 Å². The zero-order chi connectivity index (χ0) is 23.1.